The molecule has 1 aromatic heterocycles. The Labute approximate surface area is 187 Å². The van der Waals surface area contributed by atoms with Gasteiger partial charge in [0.05, 0.1) is 37.6 Å². The van der Waals surface area contributed by atoms with Gasteiger partial charge in [0.25, 0.3) is 11.8 Å². The van der Waals surface area contributed by atoms with E-state index >= 15 is 0 Å². The molecular formula is C23H28N4O5. The number of nitrogens with zero attached hydrogens (tertiary/aromatic N) is 4. The van der Waals surface area contributed by atoms with Crippen molar-refractivity contribution in [2.75, 3.05) is 46.6 Å². The second kappa shape index (κ2) is 9.95. The van der Waals surface area contributed by atoms with Crippen molar-refractivity contribution in [2.24, 2.45) is 0 Å². The lowest BCUT2D eigenvalue weighted by molar-refractivity contribution is -0.134. The summed E-state index contributed by atoms with van der Waals surface area (Å²) in [6.07, 6.45) is 3.24. The highest BCUT2D eigenvalue weighted by molar-refractivity contribution is 5.95. The Bertz CT molecular complexity index is 959. The molecule has 3 heterocycles. The van der Waals surface area contributed by atoms with Crippen LogP contribution < -0.4 is 9.47 Å². The van der Waals surface area contributed by atoms with Crippen LogP contribution in [0.15, 0.2) is 30.5 Å². The predicted octanol–water partition coefficient (Wildman–Crippen LogP) is 2.01. The largest absolute Gasteiger partial charge is 0.497 e. The second-order valence-electron chi connectivity index (χ2n) is 7.84. The lowest BCUT2D eigenvalue weighted by Crippen LogP contribution is -2.41. The SMILES string of the molecule is COc1ccc(OCC(=O)N2CCCC2c2ncc(C(=O)N3CCOCC3)c(C)n2)cc1. The average Bonchev–Trinajstić information content (AvgIpc) is 3.33. The number of benzene rings is 1. The van der Waals surface area contributed by atoms with Crippen LogP contribution in [0.2, 0.25) is 0 Å². The van der Waals surface area contributed by atoms with Gasteiger partial charge in [-0.25, -0.2) is 9.97 Å². The molecule has 9 heteroatoms. The molecule has 0 N–H and O–H groups in total. The van der Waals surface area contributed by atoms with Gasteiger partial charge in [0, 0.05) is 25.8 Å². The maximum absolute atomic E-state index is 12.8. The topological polar surface area (TPSA) is 94.1 Å². The van der Waals surface area contributed by atoms with Crippen molar-refractivity contribution in [1.82, 2.24) is 19.8 Å². The molecule has 2 aliphatic heterocycles. The standard InChI is InChI=1S/C23H28N4O5/c1-16-19(23(29)26-10-12-31-13-11-26)14-24-22(25-16)20-4-3-9-27(20)21(28)15-32-18-7-5-17(30-2)6-8-18/h5-8,14,20H,3-4,9-13,15H2,1-2H3. The summed E-state index contributed by atoms with van der Waals surface area (Å²) in [4.78, 5) is 38.2. The minimum Gasteiger partial charge on any atom is -0.497 e. The van der Waals surface area contributed by atoms with Crippen molar-refractivity contribution in [3.8, 4) is 11.5 Å². The van der Waals surface area contributed by atoms with Crippen molar-refractivity contribution >= 4 is 11.8 Å². The summed E-state index contributed by atoms with van der Waals surface area (Å²) in [7, 11) is 1.60. The fourth-order valence-corrected chi connectivity index (χ4v) is 4.03. The minimum absolute atomic E-state index is 0.0601. The molecule has 9 nitrogen and oxygen atoms in total. The molecule has 2 aromatic rings. The maximum Gasteiger partial charge on any atom is 0.261 e. The molecule has 2 amide bonds. The number of carbonyl (C=O) groups is 2. The monoisotopic (exact) mass is 440 g/mol. The van der Waals surface area contributed by atoms with E-state index in [0.717, 1.165) is 18.6 Å². The summed E-state index contributed by atoms with van der Waals surface area (Å²) in [6, 6.07) is 6.89. The minimum atomic E-state index is -0.215. The number of aryl methyl sites for hydroxylation is 1. The van der Waals surface area contributed by atoms with E-state index < -0.39 is 0 Å². The van der Waals surface area contributed by atoms with E-state index in [2.05, 4.69) is 9.97 Å². The van der Waals surface area contributed by atoms with Crippen LogP contribution in [0.25, 0.3) is 0 Å². The first kappa shape index (κ1) is 22.0. The Morgan fingerprint density at radius 1 is 1.12 bits per heavy atom. The molecule has 170 valence electrons. The third-order valence-electron chi connectivity index (χ3n) is 5.82. The van der Waals surface area contributed by atoms with Crippen LogP contribution in [0.5, 0.6) is 11.5 Å². The third-order valence-corrected chi connectivity index (χ3v) is 5.82. The molecule has 2 fully saturated rings. The van der Waals surface area contributed by atoms with Gasteiger partial charge in [-0.3, -0.25) is 9.59 Å². The first-order chi connectivity index (χ1) is 15.6. The van der Waals surface area contributed by atoms with Gasteiger partial charge in [-0.05, 0) is 44.0 Å². The Kier molecular flexibility index (Phi) is 6.84. The molecule has 0 aliphatic carbocycles. The van der Waals surface area contributed by atoms with Gasteiger partial charge >= 0.3 is 0 Å². The van der Waals surface area contributed by atoms with Crippen molar-refractivity contribution in [2.45, 2.75) is 25.8 Å². The predicted molar refractivity (Wildman–Crippen MR) is 116 cm³/mol. The zero-order valence-corrected chi connectivity index (χ0v) is 18.5. The summed E-state index contributed by atoms with van der Waals surface area (Å²) in [5.41, 5.74) is 1.12. The van der Waals surface area contributed by atoms with Gasteiger partial charge in [-0.1, -0.05) is 0 Å². The number of amides is 2. The number of likely N-dealkylation sites (tertiary alicyclic amines) is 1. The lowest BCUT2D eigenvalue weighted by atomic mass is 10.1. The van der Waals surface area contributed by atoms with Crippen LogP contribution in [0.3, 0.4) is 0 Å². The van der Waals surface area contributed by atoms with E-state index in [4.69, 9.17) is 14.2 Å². The third kappa shape index (κ3) is 4.83. The molecule has 0 spiro atoms. The van der Waals surface area contributed by atoms with Gasteiger partial charge < -0.3 is 24.0 Å². The number of methoxy groups -OCH3 is 1. The maximum atomic E-state index is 12.8. The van der Waals surface area contributed by atoms with E-state index in [1.165, 1.54) is 0 Å². The molecule has 1 unspecified atom stereocenters. The van der Waals surface area contributed by atoms with Crippen LogP contribution in [-0.2, 0) is 9.53 Å². The summed E-state index contributed by atoms with van der Waals surface area (Å²) in [5, 5.41) is 0. The Balaban J connectivity index is 1.41. The van der Waals surface area contributed by atoms with Gasteiger partial charge in [-0.15, -0.1) is 0 Å². The van der Waals surface area contributed by atoms with Crippen LogP contribution in [0.1, 0.15) is 40.8 Å². The van der Waals surface area contributed by atoms with Gasteiger partial charge in [0.1, 0.15) is 11.5 Å². The van der Waals surface area contributed by atoms with Gasteiger partial charge in [-0.2, -0.15) is 0 Å². The molecule has 32 heavy (non-hydrogen) atoms. The second-order valence-corrected chi connectivity index (χ2v) is 7.84. The van der Waals surface area contributed by atoms with E-state index in [-0.39, 0.29) is 24.5 Å². The number of morpholine rings is 1. The highest BCUT2D eigenvalue weighted by Gasteiger charge is 2.33. The molecule has 1 atom stereocenters. The fraction of sp³-hybridized carbons (Fsp3) is 0.478. The molecule has 2 aliphatic rings. The van der Waals surface area contributed by atoms with Crippen LogP contribution >= 0.6 is 0 Å². The zero-order valence-electron chi connectivity index (χ0n) is 18.5. The molecule has 0 bridgehead atoms. The van der Waals surface area contributed by atoms with Crippen molar-refractivity contribution < 1.29 is 23.8 Å². The summed E-state index contributed by atoms with van der Waals surface area (Å²) in [5.74, 6) is 1.71. The van der Waals surface area contributed by atoms with E-state index in [0.29, 0.717) is 55.7 Å². The van der Waals surface area contributed by atoms with Crippen molar-refractivity contribution in [3.05, 3.63) is 47.5 Å². The van der Waals surface area contributed by atoms with Gasteiger partial charge in [0.2, 0.25) is 0 Å². The quantitative estimate of drug-likeness (QED) is 0.678. The molecule has 1 aromatic carbocycles. The van der Waals surface area contributed by atoms with Crippen LogP contribution in [0.4, 0.5) is 0 Å². The lowest BCUT2D eigenvalue weighted by Gasteiger charge is -2.27. The van der Waals surface area contributed by atoms with Gasteiger partial charge in [0.15, 0.2) is 12.4 Å². The summed E-state index contributed by atoms with van der Waals surface area (Å²) in [6.45, 7) is 4.61. The molecule has 2 saturated heterocycles. The number of hydrogen-bond acceptors (Lipinski definition) is 7. The average molecular weight is 441 g/mol. The smallest absolute Gasteiger partial charge is 0.261 e. The highest BCUT2D eigenvalue weighted by Crippen LogP contribution is 2.30. The van der Waals surface area contributed by atoms with E-state index in [9.17, 15) is 9.59 Å². The van der Waals surface area contributed by atoms with E-state index in [1.807, 2.05) is 6.92 Å². The fourth-order valence-electron chi connectivity index (χ4n) is 4.03. The molecular weight excluding hydrogens is 412 g/mol. The van der Waals surface area contributed by atoms with E-state index in [1.54, 1.807) is 47.4 Å². The highest BCUT2D eigenvalue weighted by atomic mass is 16.5. The number of ether oxygens (including phenoxy) is 3. The number of carbonyl (C=O) groups excluding carboxylic acids is 2. The van der Waals surface area contributed by atoms with Crippen molar-refractivity contribution in [3.63, 3.8) is 0 Å². The normalized spacial score (nSPS) is 18.5. The molecule has 0 saturated carbocycles. The van der Waals surface area contributed by atoms with Crippen LogP contribution in [0, 0.1) is 6.92 Å². The van der Waals surface area contributed by atoms with Crippen LogP contribution in [-0.4, -0.2) is 78.1 Å². The Morgan fingerprint density at radius 3 is 2.53 bits per heavy atom. The first-order valence-electron chi connectivity index (χ1n) is 10.8. The summed E-state index contributed by atoms with van der Waals surface area (Å²) < 4.78 is 16.1. The number of aromatic nitrogens is 2. The molecule has 4 rings (SSSR count). The molecule has 0 radical (unpaired) electrons. The number of rotatable bonds is 6. The summed E-state index contributed by atoms with van der Waals surface area (Å²) >= 11 is 0. The van der Waals surface area contributed by atoms with Crippen molar-refractivity contribution in [1.29, 1.82) is 0 Å². The number of hydrogen-bond donors (Lipinski definition) is 0. The first-order valence-corrected chi connectivity index (χ1v) is 10.8. The Morgan fingerprint density at radius 2 is 1.84 bits per heavy atom. The Hall–Kier alpha value is -3.20. The zero-order chi connectivity index (χ0) is 22.5.